The second-order valence-electron chi connectivity index (χ2n) is 8.40. The molecule has 2 aromatic heterocycles. The minimum Gasteiger partial charge on any atom is -0.394 e. The summed E-state index contributed by atoms with van der Waals surface area (Å²) in [7, 11) is 0. The molecule has 4 aromatic rings. The second kappa shape index (κ2) is 11.2. The van der Waals surface area contributed by atoms with Crippen LogP contribution in [0.25, 0.3) is 0 Å². The molecule has 192 valence electrons. The molecule has 0 spiro atoms. The highest BCUT2D eigenvalue weighted by molar-refractivity contribution is 5.69. The summed E-state index contributed by atoms with van der Waals surface area (Å²) in [6.45, 7) is 3.61. The molecule has 0 aliphatic heterocycles. The molecule has 0 radical (unpaired) electrons. The Bertz CT molecular complexity index is 1420. The van der Waals surface area contributed by atoms with Gasteiger partial charge in [0.2, 0.25) is 0 Å². The molecule has 4 rings (SSSR count). The quantitative estimate of drug-likeness (QED) is 0.125. The molecule has 2 heterocycles. The molecule has 0 N–H and O–H groups in total. The first-order valence-corrected chi connectivity index (χ1v) is 11.5. The van der Waals surface area contributed by atoms with Crippen LogP contribution in [0.1, 0.15) is 33.6 Å². The number of non-ortho nitro benzene ring substituents is 2. The molecule has 0 amide bonds. The van der Waals surface area contributed by atoms with Gasteiger partial charge in [-0.1, -0.05) is 12.1 Å². The van der Waals surface area contributed by atoms with Crippen LogP contribution in [0.4, 0.5) is 16.2 Å². The number of hydrogen-bond acceptors (Lipinski definition) is 9. The van der Waals surface area contributed by atoms with Gasteiger partial charge in [0, 0.05) is 72.0 Å². The molecule has 0 fully saturated rings. The van der Waals surface area contributed by atoms with Crippen molar-refractivity contribution in [1.29, 1.82) is 0 Å². The largest absolute Gasteiger partial charge is 0.519 e. The summed E-state index contributed by atoms with van der Waals surface area (Å²) in [5.74, 6) is 0.158. The number of nitro groups is 2. The van der Waals surface area contributed by atoms with Gasteiger partial charge in [0.1, 0.15) is 11.5 Å². The lowest BCUT2D eigenvalue weighted by Crippen LogP contribution is -2.16. The lowest BCUT2D eigenvalue weighted by atomic mass is 10.0. The monoisotopic (exact) mass is 514 g/mol. The first-order chi connectivity index (χ1) is 18.2. The van der Waals surface area contributed by atoms with Gasteiger partial charge < -0.3 is 9.47 Å². The Morgan fingerprint density at radius 1 is 0.711 bits per heavy atom. The Kier molecular flexibility index (Phi) is 7.66. The summed E-state index contributed by atoms with van der Waals surface area (Å²) in [4.78, 5) is 42.9. The van der Waals surface area contributed by atoms with E-state index in [-0.39, 0.29) is 35.7 Å². The fourth-order valence-corrected chi connectivity index (χ4v) is 3.85. The van der Waals surface area contributed by atoms with Crippen molar-refractivity contribution in [3.8, 4) is 11.5 Å². The van der Waals surface area contributed by atoms with E-state index in [0.29, 0.717) is 11.1 Å². The minimum atomic E-state index is -1.10. The third kappa shape index (κ3) is 6.13. The molecule has 11 heteroatoms. The zero-order chi connectivity index (χ0) is 27.2. The maximum Gasteiger partial charge on any atom is 0.519 e. The van der Waals surface area contributed by atoms with E-state index in [1.54, 1.807) is 24.5 Å². The fraction of sp³-hybridized carbons (Fsp3) is 0.148. The lowest BCUT2D eigenvalue weighted by molar-refractivity contribution is -0.385. The Morgan fingerprint density at radius 2 is 1.13 bits per heavy atom. The van der Waals surface area contributed by atoms with Crippen molar-refractivity contribution in [1.82, 2.24) is 9.97 Å². The van der Waals surface area contributed by atoms with Crippen LogP contribution in [-0.4, -0.2) is 26.0 Å². The van der Waals surface area contributed by atoms with Gasteiger partial charge in [-0.15, -0.1) is 0 Å². The molecule has 2 aromatic carbocycles. The summed E-state index contributed by atoms with van der Waals surface area (Å²) >= 11 is 0. The highest BCUT2D eigenvalue weighted by Crippen LogP contribution is 2.30. The molecule has 0 saturated heterocycles. The highest BCUT2D eigenvalue weighted by Gasteiger charge is 2.20. The number of nitro benzene ring substituents is 2. The molecule has 0 aliphatic carbocycles. The van der Waals surface area contributed by atoms with Crippen LogP contribution in [0.5, 0.6) is 11.5 Å². The van der Waals surface area contributed by atoms with Crippen LogP contribution >= 0.6 is 0 Å². The number of rotatable bonds is 8. The smallest absolute Gasteiger partial charge is 0.394 e. The van der Waals surface area contributed by atoms with E-state index in [1.165, 1.54) is 36.4 Å². The van der Waals surface area contributed by atoms with Crippen LogP contribution in [0.15, 0.2) is 73.1 Å². The van der Waals surface area contributed by atoms with E-state index < -0.39 is 16.0 Å². The average molecular weight is 514 g/mol. The lowest BCUT2D eigenvalue weighted by Gasteiger charge is -2.13. The van der Waals surface area contributed by atoms with E-state index in [2.05, 4.69) is 9.97 Å². The summed E-state index contributed by atoms with van der Waals surface area (Å²) < 4.78 is 10.9. The molecule has 0 bridgehead atoms. The number of nitrogens with zero attached hydrogens (tertiary/aromatic N) is 4. The van der Waals surface area contributed by atoms with Crippen LogP contribution in [0.2, 0.25) is 0 Å². The Morgan fingerprint density at radius 3 is 1.50 bits per heavy atom. The molecule has 11 nitrogen and oxygen atoms in total. The van der Waals surface area contributed by atoms with Gasteiger partial charge in [0.15, 0.2) is 0 Å². The first-order valence-electron chi connectivity index (χ1n) is 11.5. The standard InChI is InChI=1S/C27H22N4O7/c1-17-19(5-3-11-28-17)13-21-15-23(30(33)34)7-9-25(21)37-27(32)38-26-10-8-24(31(35)36)16-22(26)14-20-6-4-12-29-18(20)2/h3-12,15-16H,13-14H2,1-2H3. The van der Waals surface area contributed by atoms with Crippen LogP contribution < -0.4 is 9.47 Å². The number of ether oxygens (including phenoxy) is 2. The van der Waals surface area contributed by atoms with E-state index in [4.69, 9.17) is 9.47 Å². The van der Waals surface area contributed by atoms with E-state index in [1.807, 2.05) is 26.0 Å². The van der Waals surface area contributed by atoms with Gasteiger partial charge in [-0.3, -0.25) is 30.2 Å². The maximum absolute atomic E-state index is 12.8. The topological polar surface area (TPSA) is 148 Å². The molecule has 38 heavy (non-hydrogen) atoms. The number of hydrogen-bond donors (Lipinski definition) is 0. The Balaban J connectivity index is 1.62. The van der Waals surface area contributed by atoms with Gasteiger partial charge in [0.25, 0.3) is 11.4 Å². The summed E-state index contributed by atoms with van der Waals surface area (Å²) in [5, 5.41) is 22.7. The van der Waals surface area contributed by atoms with Crippen molar-refractivity contribution < 1.29 is 24.1 Å². The second-order valence-corrected chi connectivity index (χ2v) is 8.40. The maximum atomic E-state index is 12.8. The van der Waals surface area contributed by atoms with Crippen molar-refractivity contribution in [3.05, 3.63) is 127 Å². The number of aryl methyl sites for hydroxylation is 2. The molecule has 0 saturated carbocycles. The Labute approximate surface area is 217 Å². The van der Waals surface area contributed by atoms with Crippen LogP contribution in [-0.2, 0) is 12.8 Å². The third-order valence-electron chi connectivity index (χ3n) is 5.89. The number of carbonyl (C=O) groups is 1. The van der Waals surface area contributed by atoms with E-state index in [9.17, 15) is 25.0 Å². The highest BCUT2D eigenvalue weighted by atomic mass is 16.7. The zero-order valence-electron chi connectivity index (χ0n) is 20.5. The van der Waals surface area contributed by atoms with Gasteiger partial charge in [-0.05, 0) is 49.2 Å². The van der Waals surface area contributed by atoms with Gasteiger partial charge in [-0.2, -0.15) is 0 Å². The third-order valence-corrected chi connectivity index (χ3v) is 5.89. The average Bonchev–Trinajstić information content (AvgIpc) is 2.88. The number of carbonyl (C=O) groups excluding carboxylic acids is 1. The number of benzene rings is 2. The number of aromatic nitrogens is 2. The minimum absolute atomic E-state index is 0.0791. The van der Waals surface area contributed by atoms with Crippen molar-refractivity contribution in [2.24, 2.45) is 0 Å². The van der Waals surface area contributed by atoms with Crippen LogP contribution in [0.3, 0.4) is 0 Å². The molecule has 0 unspecified atom stereocenters. The molecule has 0 aliphatic rings. The van der Waals surface area contributed by atoms with Gasteiger partial charge in [-0.25, -0.2) is 4.79 Å². The molecular formula is C27H22N4O7. The summed E-state index contributed by atoms with van der Waals surface area (Å²) in [5.41, 5.74) is 3.52. The molecular weight excluding hydrogens is 492 g/mol. The SMILES string of the molecule is Cc1ncccc1Cc1cc([N+](=O)[O-])ccc1OC(=O)Oc1ccc([N+](=O)[O-])cc1Cc1cccnc1C. The van der Waals surface area contributed by atoms with Crippen molar-refractivity contribution in [2.45, 2.75) is 26.7 Å². The van der Waals surface area contributed by atoms with Crippen molar-refractivity contribution in [2.75, 3.05) is 0 Å². The van der Waals surface area contributed by atoms with Crippen LogP contribution in [0, 0.1) is 34.1 Å². The van der Waals surface area contributed by atoms with E-state index in [0.717, 1.165) is 22.5 Å². The number of pyridine rings is 2. The first kappa shape index (κ1) is 25.9. The Hall–Kier alpha value is -5.19. The predicted octanol–water partition coefficient (Wildman–Crippen LogP) is 5.67. The van der Waals surface area contributed by atoms with Gasteiger partial charge >= 0.3 is 6.16 Å². The normalized spacial score (nSPS) is 10.6. The predicted molar refractivity (Wildman–Crippen MR) is 136 cm³/mol. The van der Waals surface area contributed by atoms with Crippen molar-refractivity contribution in [3.63, 3.8) is 0 Å². The molecule has 0 atom stereocenters. The van der Waals surface area contributed by atoms with Gasteiger partial charge in [0.05, 0.1) is 9.85 Å². The van der Waals surface area contributed by atoms with E-state index >= 15 is 0 Å². The van der Waals surface area contributed by atoms with Crippen molar-refractivity contribution >= 4 is 17.5 Å². The fourth-order valence-electron chi connectivity index (χ4n) is 3.85. The summed E-state index contributed by atoms with van der Waals surface area (Å²) in [6.07, 6.45) is 2.63. The summed E-state index contributed by atoms with van der Waals surface area (Å²) in [6, 6.07) is 14.9. The zero-order valence-corrected chi connectivity index (χ0v) is 20.5.